The van der Waals surface area contributed by atoms with Crippen LogP contribution < -0.4 is 10.5 Å². The van der Waals surface area contributed by atoms with Crippen molar-refractivity contribution in [3.05, 3.63) is 23.8 Å². The van der Waals surface area contributed by atoms with E-state index >= 15 is 0 Å². The summed E-state index contributed by atoms with van der Waals surface area (Å²) in [5, 5.41) is 0. The number of hydrogen-bond donors (Lipinski definition) is 1. The van der Waals surface area contributed by atoms with Gasteiger partial charge in [-0.25, -0.2) is 8.78 Å². The van der Waals surface area contributed by atoms with Crippen molar-refractivity contribution >= 4 is 5.69 Å². The van der Waals surface area contributed by atoms with E-state index in [1.54, 1.807) is 0 Å². The van der Waals surface area contributed by atoms with Gasteiger partial charge in [-0.3, -0.25) is 0 Å². The van der Waals surface area contributed by atoms with Crippen LogP contribution in [0.15, 0.2) is 12.1 Å². The summed E-state index contributed by atoms with van der Waals surface area (Å²) in [6.45, 7) is 2.51. The molecule has 0 unspecified atom stereocenters. The normalized spacial score (nSPS) is 10.4. The Morgan fingerprint density at radius 3 is 2.56 bits per heavy atom. The van der Waals surface area contributed by atoms with E-state index in [2.05, 4.69) is 6.92 Å². The van der Waals surface area contributed by atoms with E-state index in [1.807, 2.05) is 0 Å². The fraction of sp³-hybridized carbons (Fsp3) is 0.500. The van der Waals surface area contributed by atoms with Gasteiger partial charge in [0, 0.05) is 12.1 Å². The van der Waals surface area contributed by atoms with Crippen LogP contribution in [0.2, 0.25) is 0 Å². The summed E-state index contributed by atoms with van der Waals surface area (Å²) < 4.78 is 31.4. The van der Waals surface area contributed by atoms with Gasteiger partial charge in [0.25, 0.3) is 0 Å². The molecule has 0 radical (unpaired) electrons. The van der Waals surface area contributed by atoms with Crippen LogP contribution in [0.1, 0.15) is 32.6 Å². The van der Waals surface area contributed by atoms with Crippen molar-refractivity contribution in [3.8, 4) is 5.75 Å². The molecule has 0 bridgehead atoms. The molecule has 0 aromatic heterocycles. The third-order valence-corrected chi connectivity index (χ3v) is 2.31. The second kappa shape index (κ2) is 6.30. The average molecular weight is 229 g/mol. The molecule has 16 heavy (non-hydrogen) atoms. The Kier molecular flexibility index (Phi) is 5.02. The quantitative estimate of drug-likeness (QED) is 0.598. The first-order valence-electron chi connectivity index (χ1n) is 5.52. The molecular weight excluding hydrogens is 212 g/mol. The van der Waals surface area contributed by atoms with Crippen molar-refractivity contribution in [3.63, 3.8) is 0 Å². The van der Waals surface area contributed by atoms with Crippen LogP contribution >= 0.6 is 0 Å². The minimum atomic E-state index is -0.648. The zero-order valence-corrected chi connectivity index (χ0v) is 9.43. The minimum Gasteiger partial charge on any atom is -0.490 e. The lowest BCUT2D eigenvalue weighted by Gasteiger charge is -2.08. The monoisotopic (exact) mass is 229 g/mol. The van der Waals surface area contributed by atoms with E-state index < -0.39 is 11.6 Å². The molecule has 1 rings (SSSR count). The predicted octanol–water partition coefficient (Wildman–Crippen LogP) is 3.51. The summed E-state index contributed by atoms with van der Waals surface area (Å²) in [6, 6.07) is 1.93. The molecule has 90 valence electrons. The predicted molar refractivity (Wildman–Crippen MR) is 60.4 cm³/mol. The first kappa shape index (κ1) is 12.7. The maximum Gasteiger partial charge on any atom is 0.167 e. The Labute approximate surface area is 94.4 Å². The molecule has 4 heteroatoms. The first-order valence-corrected chi connectivity index (χ1v) is 5.52. The van der Waals surface area contributed by atoms with Crippen molar-refractivity contribution in [2.75, 3.05) is 12.3 Å². The Morgan fingerprint density at radius 1 is 1.12 bits per heavy atom. The Morgan fingerprint density at radius 2 is 1.88 bits per heavy atom. The number of nitrogen functional groups attached to an aromatic ring is 1. The van der Waals surface area contributed by atoms with Crippen molar-refractivity contribution in [2.24, 2.45) is 0 Å². The highest BCUT2D eigenvalue weighted by Gasteiger charge is 2.08. The van der Waals surface area contributed by atoms with Gasteiger partial charge in [0.2, 0.25) is 0 Å². The summed E-state index contributed by atoms with van der Waals surface area (Å²) >= 11 is 0. The van der Waals surface area contributed by atoms with Gasteiger partial charge in [0.15, 0.2) is 11.6 Å². The van der Waals surface area contributed by atoms with E-state index in [0.29, 0.717) is 6.61 Å². The molecule has 2 nitrogen and oxygen atoms in total. The summed E-state index contributed by atoms with van der Waals surface area (Å²) in [5.74, 6) is -1.33. The van der Waals surface area contributed by atoms with Crippen molar-refractivity contribution < 1.29 is 13.5 Å². The van der Waals surface area contributed by atoms with Gasteiger partial charge < -0.3 is 10.5 Å². The smallest absolute Gasteiger partial charge is 0.167 e. The molecule has 1 aromatic carbocycles. The Hall–Kier alpha value is -1.32. The van der Waals surface area contributed by atoms with Crippen LogP contribution in [-0.4, -0.2) is 6.61 Å². The molecule has 0 heterocycles. The lowest BCUT2D eigenvalue weighted by molar-refractivity contribution is 0.289. The van der Waals surface area contributed by atoms with Crippen molar-refractivity contribution in [1.82, 2.24) is 0 Å². The highest BCUT2D eigenvalue weighted by Crippen LogP contribution is 2.23. The van der Waals surface area contributed by atoms with Crippen LogP contribution in [-0.2, 0) is 0 Å². The number of ether oxygens (including phenoxy) is 1. The van der Waals surface area contributed by atoms with Crippen molar-refractivity contribution in [1.29, 1.82) is 0 Å². The second-order valence-corrected chi connectivity index (χ2v) is 3.71. The number of unbranched alkanes of at least 4 members (excludes halogenated alkanes) is 3. The van der Waals surface area contributed by atoms with Gasteiger partial charge in [0.1, 0.15) is 5.82 Å². The van der Waals surface area contributed by atoms with E-state index in [1.165, 1.54) is 0 Å². The molecule has 0 spiro atoms. The maximum atomic E-state index is 13.2. The molecule has 0 amide bonds. The first-order chi connectivity index (χ1) is 7.65. The molecular formula is C12H17F2NO. The summed E-state index contributed by atoms with van der Waals surface area (Å²) in [4.78, 5) is 0. The van der Waals surface area contributed by atoms with Gasteiger partial charge in [-0.15, -0.1) is 0 Å². The number of benzene rings is 1. The summed E-state index contributed by atoms with van der Waals surface area (Å²) in [7, 11) is 0. The highest BCUT2D eigenvalue weighted by molar-refractivity contribution is 5.44. The topological polar surface area (TPSA) is 35.2 Å². The second-order valence-electron chi connectivity index (χ2n) is 3.71. The largest absolute Gasteiger partial charge is 0.490 e. The van der Waals surface area contributed by atoms with Gasteiger partial charge >= 0.3 is 0 Å². The fourth-order valence-electron chi connectivity index (χ4n) is 1.37. The SMILES string of the molecule is CCCCCCOc1cc(F)c(N)cc1F. The van der Waals surface area contributed by atoms with E-state index in [9.17, 15) is 8.78 Å². The molecule has 0 aliphatic carbocycles. The lowest BCUT2D eigenvalue weighted by Crippen LogP contribution is -2.01. The summed E-state index contributed by atoms with van der Waals surface area (Å²) in [6.07, 6.45) is 4.14. The Bertz CT molecular complexity index is 342. The average Bonchev–Trinajstić information content (AvgIpc) is 2.25. The molecule has 0 saturated heterocycles. The molecule has 1 aromatic rings. The van der Waals surface area contributed by atoms with Crippen LogP contribution in [0.5, 0.6) is 5.75 Å². The lowest BCUT2D eigenvalue weighted by atomic mass is 10.2. The third kappa shape index (κ3) is 3.68. The number of halogens is 2. The highest BCUT2D eigenvalue weighted by atomic mass is 19.1. The zero-order valence-electron chi connectivity index (χ0n) is 9.43. The van der Waals surface area contributed by atoms with Gasteiger partial charge in [-0.1, -0.05) is 26.2 Å². The van der Waals surface area contributed by atoms with E-state index in [-0.39, 0.29) is 11.4 Å². The standard InChI is InChI=1S/C12H17F2NO/c1-2-3-4-5-6-16-12-8-9(13)11(15)7-10(12)14/h7-8H,2-6,15H2,1H3. The molecule has 0 fully saturated rings. The van der Waals surface area contributed by atoms with Crippen LogP contribution in [0.4, 0.5) is 14.5 Å². The van der Waals surface area contributed by atoms with Crippen LogP contribution in [0.25, 0.3) is 0 Å². The number of nitrogens with two attached hydrogens (primary N) is 1. The van der Waals surface area contributed by atoms with Gasteiger partial charge in [0.05, 0.1) is 12.3 Å². The number of hydrogen-bond acceptors (Lipinski definition) is 2. The maximum absolute atomic E-state index is 13.2. The molecule has 0 saturated carbocycles. The van der Waals surface area contributed by atoms with Crippen LogP contribution in [0, 0.1) is 11.6 Å². The van der Waals surface area contributed by atoms with Crippen LogP contribution in [0.3, 0.4) is 0 Å². The fourth-order valence-corrected chi connectivity index (χ4v) is 1.37. The number of anilines is 1. The molecule has 0 aliphatic rings. The number of rotatable bonds is 6. The van der Waals surface area contributed by atoms with E-state index in [4.69, 9.17) is 10.5 Å². The Balaban J connectivity index is 2.45. The zero-order chi connectivity index (χ0) is 12.0. The summed E-state index contributed by atoms with van der Waals surface area (Å²) in [5.41, 5.74) is 5.02. The molecule has 2 N–H and O–H groups in total. The molecule has 0 atom stereocenters. The van der Waals surface area contributed by atoms with Crippen molar-refractivity contribution in [2.45, 2.75) is 32.6 Å². The third-order valence-electron chi connectivity index (χ3n) is 2.31. The van der Waals surface area contributed by atoms with Gasteiger partial charge in [-0.2, -0.15) is 0 Å². The van der Waals surface area contributed by atoms with Gasteiger partial charge in [-0.05, 0) is 6.42 Å². The molecule has 0 aliphatic heterocycles. The van der Waals surface area contributed by atoms with E-state index in [0.717, 1.165) is 37.8 Å². The minimum absolute atomic E-state index is 0.0665.